The van der Waals surface area contributed by atoms with Gasteiger partial charge in [-0.2, -0.15) is 0 Å². The first-order chi connectivity index (χ1) is 11.1. The summed E-state index contributed by atoms with van der Waals surface area (Å²) in [6.45, 7) is 3.17. The van der Waals surface area contributed by atoms with Crippen molar-refractivity contribution in [3.8, 4) is 0 Å². The molecule has 0 radical (unpaired) electrons. The lowest BCUT2D eigenvalue weighted by atomic mass is 9.91. The Kier molecular flexibility index (Phi) is 6.83. The molecule has 0 aliphatic carbocycles. The fraction of sp³-hybridized carbons (Fsp3) is 0.812. The summed E-state index contributed by atoms with van der Waals surface area (Å²) in [5, 5.41) is 5.54. The molecule has 2 aliphatic heterocycles. The summed E-state index contributed by atoms with van der Waals surface area (Å²) in [5.74, 6) is -0.813. The van der Waals surface area contributed by atoms with Crippen LogP contribution in [0.2, 0.25) is 0 Å². The zero-order valence-electron chi connectivity index (χ0n) is 13.6. The van der Waals surface area contributed by atoms with Crippen LogP contribution in [-0.4, -0.2) is 49.7 Å². The van der Waals surface area contributed by atoms with Crippen LogP contribution in [-0.2, 0) is 23.9 Å². The van der Waals surface area contributed by atoms with E-state index >= 15 is 0 Å². The van der Waals surface area contributed by atoms with E-state index in [4.69, 9.17) is 9.47 Å². The molecule has 7 nitrogen and oxygen atoms in total. The van der Waals surface area contributed by atoms with Gasteiger partial charge in [0.2, 0.25) is 11.8 Å². The topological polar surface area (TPSA) is 93.7 Å². The van der Waals surface area contributed by atoms with E-state index < -0.39 is 18.1 Å². The molecule has 2 saturated heterocycles. The Balaban J connectivity index is 2.01. The maximum absolute atomic E-state index is 12.5. The third-order valence-corrected chi connectivity index (χ3v) is 4.37. The van der Waals surface area contributed by atoms with Crippen LogP contribution >= 0.6 is 0 Å². The number of hydrogen-bond acceptors (Lipinski definition) is 5. The summed E-state index contributed by atoms with van der Waals surface area (Å²) >= 11 is 0. The van der Waals surface area contributed by atoms with Gasteiger partial charge in [-0.3, -0.25) is 9.59 Å². The van der Waals surface area contributed by atoms with Crippen LogP contribution in [0.25, 0.3) is 0 Å². The molecule has 0 aromatic rings. The molecule has 0 aromatic heterocycles. The van der Waals surface area contributed by atoms with Crippen LogP contribution < -0.4 is 10.6 Å². The summed E-state index contributed by atoms with van der Waals surface area (Å²) in [7, 11) is 0. The second-order valence-electron chi connectivity index (χ2n) is 6.05. The van der Waals surface area contributed by atoms with E-state index in [9.17, 15) is 14.4 Å². The molecule has 2 heterocycles. The van der Waals surface area contributed by atoms with Crippen molar-refractivity contribution in [3.05, 3.63) is 0 Å². The van der Waals surface area contributed by atoms with E-state index in [0.29, 0.717) is 38.9 Å². The van der Waals surface area contributed by atoms with Crippen LogP contribution in [0.4, 0.5) is 0 Å². The summed E-state index contributed by atoms with van der Waals surface area (Å²) in [4.78, 5) is 36.3. The fourth-order valence-corrected chi connectivity index (χ4v) is 3.07. The van der Waals surface area contributed by atoms with E-state index in [0.717, 1.165) is 12.8 Å². The van der Waals surface area contributed by atoms with Crippen molar-refractivity contribution in [2.75, 3.05) is 19.8 Å². The number of amides is 2. The zero-order chi connectivity index (χ0) is 16.7. The number of rotatable bonds is 5. The summed E-state index contributed by atoms with van der Waals surface area (Å²) in [6.07, 6.45) is 4.07. The quantitative estimate of drug-likeness (QED) is 0.718. The zero-order valence-corrected chi connectivity index (χ0v) is 13.6. The first-order valence-electron chi connectivity index (χ1n) is 8.46. The molecular formula is C16H26N2O5. The van der Waals surface area contributed by atoms with E-state index in [1.165, 1.54) is 0 Å². The van der Waals surface area contributed by atoms with Crippen molar-refractivity contribution >= 4 is 17.8 Å². The van der Waals surface area contributed by atoms with E-state index in [1.807, 2.05) is 0 Å². The van der Waals surface area contributed by atoms with Gasteiger partial charge in [-0.05, 0) is 38.5 Å². The minimum atomic E-state index is -0.675. The summed E-state index contributed by atoms with van der Waals surface area (Å²) < 4.78 is 10.4. The fourth-order valence-electron chi connectivity index (χ4n) is 3.07. The van der Waals surface area contributed by atoms with Crippen molar-refractivity contribution in [2.45, 2.75) is 57.5 Å². The van der Waals surface area contributed by atoms with Crippen LogP contribution in [0.3, 0.4) is 0 Å². The lowest BCUT2D eigenvalue weighted by molar-refractivity contribution is -0.150. The first-order valence-corrected chi connectivity index (χ1v) is 8.46. The third-order valence-electron chi connectivity index (χ3n) is 4.37. The van der Waals surface area contributed by atoms with Crippen LogP contribution in [0.5, 0.6) is 0 Å². The summed E-state index contributed by atoms with van der Waals surface area (Å²) in [5.41, 5.74) is 0. The van der Waals surface area contributed by atoms with Gasteiger partial charge < -0.3 is 20.1 Å². The molecule has 2 amide bonds. The molecule has 130 valence electrons. The molecular weight excluding hydrogens is 300 g/mol. The van der Waals surface area contributed by atoms with Crippen molar-refractivity contribution in [1.82, 2.24) is 10.6 Å². The Morgan fingerprint density at radius 2 is 2.04 bits per heavy atom. The van der Waals surface area contributed by atoms with Gasteiger partial charge in [-0.25, -0.2) is 4.79 Å². The molecule has 7 heteroatoms. The number of carbonyl (C=O) groups is 3. The number of hydrogen-bond donors (Lipinski definition) is 2. The molecule has 0 bridgehead atoms. The van der Waals surface area contributed by atoms with Crippen molar-refractivity contribution in [2.24, 2.45) is 5.92 Å². The first kappa shape index (κ1) is 17.7. The molecule has 0 unspecified atom stereocenters. The molecule has 0 aromatic carbocycles. The molecule has 0 spiro atoms. The molecule has 2 fully saturated rings. The lowest BCUT2D eigenvalue weighted by Gasteiger charge is -2.30. The highest BCUT2D eigenvalue weighted by atomic mass is 16.5. The van der Waals surface area contributed by atoms with Crippen LogP contribution in [0, 0.1) is 5.92 Å². The average Bonchev–Trinajstić information content (AvgIpc) is 2.78. The largest absolute Gasteiger partial charge is 0.464 e. The molecule has 2 atom stereocenters. The minimum Gasteiger partial charge on any atom is -0.464 e. The second kappa shape index (κ2) is 8.86. The standard InChI is InChI=1S/C16H26N2O5/c1-2-23-16(21)14(11-7-9-22-10-8-11)18-15(20)12-5-3-4-6-13(19)17-12/h11-12,14H,2-10H2,1H3,(H,17,19)(H,18,20)/t12-,14+/m0/s1. The Hall–Kier alpha value is -1.63. The van der Waals surface area contributed by atoms with E-state index in [1.54, 1.807) is 6.92 Å². The smallest absolute Gasteiger partial charge is 0.328 e. The van der Waals surface area contributed by atoms with Crippen LogP contribution in [0.1, 0.15) is 45.4 Å². The molecule has 2 rings (SSSR count). The molecule has 2 aliphatic rings. The predicted molar refractivity (Wildman–Crippen MR) is 82.5 cm³/mol. The monoisotopic (exact) mass is 326 g/mol. The van der Waals surface area contributed by atoms with E-state index in [-0.39, 0.29) is 24.3 Å². The van der Waals surface area contributed by atoms with Gasteiger partial charge >= 0.3 is 5.97 Å². The van der Waals surface area contributed by atoms with Crippen molar-refractivity contribution in [3.63, 3.8) is 0 Å². The number of esters is 1. The van der Waals surface area contributed by atoms with Crippen molar-refractivity contribution < 1.29 is 23.9 Å². The molecule has 0 saturated carbocycles. The number of carbonyl (C=O) groups excluding carboxylic acids is 3. The normalized spacial score (nSPS) is 24.2. The van der Waals surface area contributed by atoms with Gasteiger partial charge in [0.1, 0.15) is 12.1 Å². The Morgan fingerprint density at radius 1 is 1.30 bits per heavy atom. The van der Waals surface area contributed by atoms with Gasteiger partial charge in [0.15, 0.2) is 0 Å². The van der Waals surface area contributed by atoms with Gasteiger partial charge in [-0.1, -0.05) is 6.42 Å². The van der Waals surface area contributed by atoms with Gasteiger partial charge in [-0.15, -0.1) is 0 Å². The molecule has 23 heavy (non-hydrogen) atoms. The highest BCUT2D eigenvalue weighted by molar-refractivity contribution is 5.91. The van der Waals surface area contributed by atoms with Gasteiger partial charge in [0.05, 0.1) is 6.61 Å². The van der Waals surface area contributed by atoms with Gasteiger partial charge in [0, 0.05) is 19.6 Å². The summed E-state index contributed by atoms with van der Waals surface area (Å²) in [6, 6.07) is -1.24. The number of nitrogens with one attached hydrogen (secondary N) is 2. The second-order valence-corrected chi connectivity index (χ2v) is 6.05. The average molecular weight is 326 g/mol. The van der Waals surface area contributed by atoms with Crippen LogP contribution in [0.15, 0.2) is 0 Å². The Morgan fingerprint density at radius 3 is 2.74 bits per heavy atom. The Bertz CT molecular complexity index is 434. The Labute approximate surface area is 136 Å². The SMILES string of the molecule is CCOC(=O)[C@H](NC(=O)[C@@H]1CCCCC(=O)N1)C1CCOCC1. The van der Waals surface area contributed by atoms with Gasteiger partial charge in [0.25, 0.3) is 0 Å². The predicted octanol–water partition coefficient (Wildman–Crippen LogP) is 0.520. The third kappa shape index (κ3) is 5.20. The highest BCUT2D eigenvalue weighted by Crippen LogP contribution is 2.20. The van der Waals surface area contributed by atoms with E-state index in [2.05, 4.69) is 10.6 Å². The minimum absolute atomic E-state index is 0.00762. The molecule has 2 N–H and O–H groups in total. The lowest BCUT2D eigenvalue weighted by Crippen LogP contribution is -2.54. The maximum atomic E-state index is 12.5. The van der Waals surface area contributed by atoms with Crippen molar-refractivity contribution in [1.29, 1.82) is 0 Å². The maximum Gasteiger partial charge on any atom is 0.328 e. The highest BCUT2D eigenvalue weighted by Gasteiger charge is 2.34. The number of ether oxygens (including phenoxy) is 2.